The molecule has 0 N–H and O–H groups in total. The first-order chi connectivity index (χ1) is 11.1. The Hall–Kier alpha value is -2.16. The molecule has 0 unspecified atom stereocenters. The van der Waals surface area contributed by atoms with Gasteiger partial charge in [-0.1, -0.05) is 51.8 Å². The Labute approximate surface area is 138 Å². The first-order valence-corrected chi connectivity index (χ1v) is 8.38. The fraction of sp³-hybridized carbons (Fsp3) is 0.400. The van der Waals surface area contributed by atoms with E-state index in [1.807, 2.05) is 30.3 Å². The van der Waals surface area contributed by atoms with Crippen molar-refractivity contribution < 1.29 is 9.53 Å². The third-order valence-corrected chi connectivity index (χ3v) is 3.99. The molecule has 0 amide bonds. The summed E-state index contributed by atoms with van der Waals surface area (Å²) in [6, 6.07) is 11.4. The largest absolute Gasteiger partial charge is 0.422 e. The van der Waals surface area contributed by atoms with Crippen LogP contribution in [0.15, 0.2) is 42.6 Å². The van der Waals surface area contributed by atoms with Crippen molar-refractivity contribution in [2.45, 2.75) is 46.5 Å². The van der Waals surface area contributed by atoms with Crippen molar-refractivity contribution in [1.82, 2.24) is 4.98 Å². The molecule has 1 atom stereocenters. The van der Waals surface area contributed by atoms with Crippen LogP contribution in [0.5, 0.6) is 5.75 Å². The molecule has 0 aliphatic carbocycles. The minimum absolute atomic E-state index is 0.341. The molecule has 1 aromatic carbocycles. The van der Waals surface area contributed by atoms with Crippen molar-refractivity contribution in [2.75, 3.05) is 0 Å². The molecule has 1 aromatic heterocycles. The second kappa shape index (κ2) is 8.47. The van der Waals surface area contributed by atoms with Gasteiger partial charge in [0.15, 0.2) is 0 Å². The van der Waals surface area contributed by atoms with E-state index in [0.29, 0.717) is 17.4 Å². The SMILES string of the molecule is CCCc1ccc(C(=O)Oc2ccc(C[C@@H](C)CC)cc2)nc1. The molecule has 2 rings (SSSR count). The number of aromatic nitrogens is 1. The third kappa shape index (κ3) is 5.20. The molecular formula is C20H25NO2. The van der Waals surface area contributed by atoms with E-state index in [1.165, 1.54) is 5.56 Å². The Morgan fingerprint density at radius 2 is 1.78 bits per heavy atom. The normalized spacial score (nSPS) is 12.0. The summed E-state index contributed by atoms with van der Waals surface area (Å²) in [6.07, 6.45) is 5.99. The Morgan fingerprint density at radius 1 is 1.09 bits per heavy atom. The fourth-order valence-electron chi connectivity index (χ4n) is 2.38. The lowest BCUT2D eigenvalue weighted by Crippen LogP contribution is -2.10. The molecule has 122 valence electrons. The number of benzene rings is 1. The summed E-state index contributed by atoms with van der Waals surface area (Å²) in [7, 11) is 0. The van der Waals surface area contributed by atoms with E-state index >= 15 is 0 Å². The maximum absolute atomic E-state index is 12.1. The predicted octanol–water partition coefficient (Wildman–Crippen LogP) is 4.84. The minimum Gasteiger partial charge on any atom is -0.422 e. The third-order valence-electron chi connectivity index (χ3n) is 3.99. The first-order valence-electron chi connectivity index (χ1n) is 8.38. The molecule has 23 heavy (non-hydrogen) atoms. The monoisotopic (exact) mass is 311 g/mol. The quantitative estimate of drug-likeness (QED) is 0.542. The number of rotatable bonds is 7. The summed E-state index contributed by atoms with van der Waals surface area (Å²) in [6.45, 7) is 6.55. The van der Waals surface area contributed by atoms with Gasteiger partial charge in [0.2, 0.25) is 0 Å². The van der Waals surface area contributed by atoms with Crippen LogP contribution in [0, 0.1) is 5.92 Å². The topological polar surface area (TPSA) is 39.2 Å². The summed E-state index contributed by atoms with van der Waals surface area (Å²) in [4.78, 5) is 16.3. The van der Waals surface area contributed by atoms with Crippen molar-refractivity contribution in [3.8, 4) is 5.75 Å². The van der Waals surface area contributed by atoms with Crippen LogP contribution in [-0.4, -0.2) is 11.0 Å². The Bertz CT molecular complexity index is 617. The lowest BCUT2D eigenvalue weighted by molar-refractivity contribution is 0.0728. The van der Waals surface area contributed by atoms with Crippen molar-refractivity contribution in [3.05, 3.63) is 59.4 Å². The van der Waals surface area contributed by atoms with Gasteiger partial charge in [0.25, 0.3) is 0 Å². The minimum atomic E-state index is -0.414. The highest BCUT2D eigenvalue weighted by Crippen LogP contribution is 2.17. The van der Waals surface area contributed by atoms with Crippen LogP contribution < -0.4 is 4.74 Å². The molecule has 0 saturated carbocycles. The smallest absolute Gasteiger partial charge is 0.362 e. The number of carbonyl (C=O) groups excluding carboxylic acids is 1. The van der Waals surface area contributed by atoms with E-state index in [9.17, 15) is 4.79 Å². The van der Waals surface area contributed by atoms with Crippen LogP contribution in [0.25, 0.3) is 0 Å². The lowest BCUT2D eigenvalue weighted by Gasteiger charge is -2.09. The number of nitrogens with zero attached hydrogens (tertiary/aromatic N) is 1. The van der Waals surface area contributed by atoms with E-state index in [-0.39, 0.29) is 0 Å². The number of aryl methyl sites for hydroxylation is 1. The Balaban J connectivity index is 1.96. The zero-order valence-electron chi connectivity index (χ0n) is 14.2. The van der Waals surface area contributed by atoms with Crippen LogP contribution >= 0.6 is 0 Å². The highest BCUT2D eigenvalue weighted by molar-refractivity contribution is 5.88. The average Bonchev–Trinajstić information content (AvgIpc) is 2.57. The van der Waals surface area contributed by atoms with Gasteiger partial charge in [0.1, 0.15) is 11.4 Å². The van der Waals surface area contributed by atoms with Gasteiger partial charge in [-0.2, -0.15) is 0 Å². The number of esters is 1. The summed E-state index contributed by atoms with van der Waals surface area (Å²) in [5.41, 5.74) is 2.74. The second-order valence-corrected chi connectivity index (χ2v) is 6.05. The summed E-state index contributed by atoms with van der Waals surface area (Å²) >= 11 is 0. The van der Waals surface area contributed by atoms with Crippen molar-refractivity contribution in [3.63, 3.8) is 0 Å². The molecule has 1 heterocycles. The highest BCUT2D eigenvalue weighted by atomic mass is 16.5. The van der Waals surface area contributed by atoms with Crippen LogP contribution in [0.4, 0.5) is 0 Å². The number of hydrogen-bond donors (Lipinski definition) is 0. The van der Waals surface area contributed by atoms with Gasteiger partial charge in [0.05, 0.1) is 0 Å². The number of ether oxygens (including phenoxy) is 1. The molecule has 0 bridgehead atoms. The van der Waals surface area contributed by atoms with Gasteiger partial charge < -0.3 is 4.74 Å². The van der Waals surface area contributed by atoms with Gasteiger partial charge in [-0.05, 0) is 48.1 Å². The van der Waals surface area contributed by atoms with Crippen LogP contribution in [0.1, 0.15) is 55.2 Å². The fourth-order valence-corrected chi connectivity index (χ4v) is 2.38. The van der Waals surface area contributed by atoms with Gasteiger partial charge in [-0.25, -0.2) is 9.78 Å². The predicted molar refractivity (Wildman–Crippen MR) is 92.8 cm³/mol. The average molecular weight is 311 g/mol. The number of pyridine rings is 1. The van der Waals surface area contributed by atoms with E-state index in [1.54, 1.807) is 12.3 Å². The lowest BCUT2D eigenvalue weighted by atomic mass is 9.99. The molecule has 0 spiro atoms. The zero-order valence-corrected chi connectivity index (χ0v) is 14.2. The second-order valence-electron chi connectivity index (χ2n) is 6.05. The zero-order chi connectivity index (χ0) is 16.7. The summed E-state index contributed by atoms with van der Waals surface area (Å²) in [5, 5.41) is 0. The summed E-state index contributed by atoms with van der Waals surface area (Å²) < 4.78 is 5.39. The molecule has 0 aliphatic heterocycles. The van der Waals surface area contributed by atoms with Gasteiger partial charge in [-0.15, -0.1) is 0 Å². The first kappa shape index (κ1) is 17.2. The highest BCUT2D eigenvalue weighted by Gasteiger charge is 2.10. The van der Waals surface area contributed by atoms with Gasteiger partial charge in [0, 0.05) is 6.20 Å². The number of hydrogen-bond acceptors (Lipinski definition) is 3. The van der Waals surface area contributed by atoms with Gasteiger partial charge in [-0.3, -0.25) is 0 Å². The van der Waals surface area contributed by atoms with Crippen molar-refractivity contribution >= 4 is 5.97 Å². The van der Waals surface area contributed by atoms with E-state index in [2.05, 4.69) is 25.8 Å². The summed E-state index contributed by atoms with van der Waals surface area (Å²) in [5.74, 6) is 0.805. The van der Waals surface area contributed by atoms with Gasteiger partial charge >= 0.3 is 5.97 Å². The molecule has 0 fully saturated rings. The molecule has 3 heteroatoms. The van der Waals surface area contributed by atoms with Crippen molar-refractivity contribution in [2.24, 2.45) is 5.92 Å². The van der Waals surface area contributed by atoms with E-state index < -0.39 is 5.97 Å². The molecule has 0 radical (unpaired) electrons. The van der Waals surface area contributed by atoms with Crippen molar-refractivity contribution in [1.29, 1.82) is 0 Å². The Kier molecular flexibility index (Phi) is 6.33. The van der Waals surface area contributed by atoms with E-state index in [0.717, 1.165) is 31.2 Å². The molecule has 0 saturated heterocycles. The number of carbonyl (C=O) groups is 1. The van der Waals surface area contributed by atoms with Crippen LogP contribution in [0.3, 0.4) is 0 Å². The Morgan fingerprint density at radius 3 is 2.35 bits per heavy atom. The molecular weight excluding hydrogens is 286 g/mol. The standard InChI is InChI=1S/C20H25NO2/c1-4-6-17-9-12-19(21-14-17)20(22)23-18-10-7-16(8-11-18)13-15(3)5-2/h7-12,14-15H,4-6,13H2,1-3H3/t15-/m0/s1. The maximum atomic E-state index is 12.1. The van der Waals surface area contributed by atoms with E-state index in [4.69, 9.17) is 4.74 Å². The molecule has 0 aliphatic rings. The molecule has 2 aromatic rings. The molecule has 3 nitrogen and oxygen atoms in total. The van der Waals surface area contributed by atoms with Crippen LogP contribution in [0.2, 0.25) is 0 Å². The van der Waals surface area contributed by atoms with Crippen LogP contribution in [-0.2, 0) is 12.8 Å². The maximum Gasteiger partial charge on any atom is 0.362 e.